The number of amides is 1. The van der Waals surface area contributed by atoms with Gasteiger partial charge in [0.15, 0.2) is 5.71 Å². The third-order valence-corrected chi connectivity index (χ3v) is 2.88. The summed E-state index contributed by atoms with van der Waals surface area (Å²) in [6.07, 6.45) is 1.47. The molecule has 0 fully saturated rings. The summed E-state index contributed by atoms with van der Waals surface area (Å²) in [4.78, 5) is 11.8. The summed E-state index contributed by atoms with van der Waals surface area (Å²) in [7, 11) is 0. The Kier molecular flexibility index (Phi) is 3.09. The summed E-state index contributed by atoms with van der Waals surface area (Å²) < 4.78 is 12.7. The summed E-state index contributed by atoms with van der Waals surface area (Å²) in [5.41, 5.74) is 2.45. The fraction of sp³-hybridized carbons (Fsp3) is 0. The highest BCUT2D eigenvalue weighted by molar-refractivity contribution is 6.53. The van der Waals surface area contributed by atoms with Crippen LogP contribution in [0.2, 0.25) is 0 Å². The number of benzene rings is 2. The SMILES string of the molecule is O=C1Nc2ccccc2/C1=N/N=C/c1ccc(F)cc1. The topological polar surface area (TPSA) is 53.8 Å². The van der Waals surface area contributed by atoms with Gasteiger partial charge in [-0.15, -0.1) is 5.10 Å². The van der Waals surface area contributed by atoms with E-state index in [4.69, 9.17) is 0 Å². The van der Waals surface area contributed by atoms with Gasteiger partial charge in [-0.2, -0.15) is 5.10 Å². The summed E-state index contributed by atoms with van der Waals surface area (Å²) in [5.74, 6) is -0.583. The predicted octanol–water partition coefficient (Wildman–Crippen LogP) is 2.60. The van der Waals surface area contributed by atoms with Crippen molar-refractivity contribution < 1.29 is 9.18 Å². The van der Waals surface area contributed by atoms with Gasteiger partial charge < -0.3 is 5.32 Å². The fourth-order valence-corrected chi connectivity index (χ4v) is 1.90. The largest absolute Gasteiger partial charge is 0.320 e. The van der Waals surface area contributed by atoms with Crippen molar-refractivity contribution in [3.05, 3.63) is 65.5 Å². The first-order chi connectivity index (χ1) is 9.74. The van der Waals surface area contributed by atoms with Gasteiger partial charge in [-0.25, -0.2) is 4.39 Å². The van der Waals surface area contributed by atoms with Crippen LogP contribution in [-0.4, -0.2) is 17.8 Å². The standard InChI is InChI=1S/C15H10FN3O/c16-11-7-5-10(6-8-11)9-17-19-14-12-3-1-2-4-13(12)18-15(14)20/h1-9H,(H,18,19,20)/b17-9+. The Morgan fingerprint density at radius 3 is 2.60 bits per heavy atom. The lowest BCUT2D eigenvalue weighted by atomic mass is 10.1. The molecule has 0 bridgehead atoms. The van der Waals surface area contributed by atoms with Crippen LogP contribution in [0.1, 0.15) is 11.1 Å². The molecule has 2 aromatic carbocycles. The molecule has 0 aliphatic carbocycles. The maximum Gasteiger partial charge on any atom is 0.276 e. The molecule has 1 aliphatic rings. The molecule has 5 heteroatoms. The molecule has 0 saturated heterocycles. The van der Waals surface area contributed by atoms with E-state index in [1.165, 1.54) is 18.3 Å². The Labute approximate surface area is 114 Å². The van der Waals surface area contributed by atoms with Crippen molar-refractivity contribution in [1.29, 1.82) is 0 Å². The Morgan fingerprint density at radius 2 is 1.80 bits per heavy atom. The Hall–Kier alpha value is -2.82. The normalized spacial score (nSPS) is 15.7. The van der Waals surface area contributed by atoms with E-state index in [2.05, 4.69) is 15.5 Å². The molecule has 0 atom stereocenters. The van der Waals surface area contributed by atoms with Crippen molar-refractivity contribution in [2.75, 3.05) is 5.32 Å². The zero-order valence-corrected chi connectivity index (χ0v) is 10.4. The van der Waals surface area contributed by atoms with E-state index in [9.17, 15) is 9.18 Å². The number of anilines is 1. The molecular weight excluding hydrogens is 257 g/mol. The number of nitrogens with one attached hydrogen (secondary N) is 1. The fourth-order valence-electron chi connectivity index (χ4n) is 1.90. The van der Waals surface area contributed by atoms with Crippen molar-refractivity contribution in [2.45, 2.75) is 0 Å². The summed E-state index contributed by atoms with van der Waals surface area (Å²) in [6.45, 7) is 0. The molecule has 3 rings (SSSR count). The van der Waals surface area contributed by atoms with E-state index >= 15 is 0 Å². The second-order valence-electron chi connectivity index (χ2n) is 4.24. The van der Waals surface area contributed by atoms with Gasteiger partial charge in [0.2, 0.25) is 0 Å². The van der Waals surface area contributed by atoms with E-state index in [-0.39, 0.29) is 17.4 Å². The third kappa shape index (κ3) is 2.33. The van der Waals surface area contributed by atoms with E-state index in [1.54, 1.807) is 24.3 Å². The summed E-state index contributed by atoms with van der Waals surface area (Å²) in [5, 5.41) is 10.5. The van der Waals surface area contributed by atoms with Gasteiger partial charge in [-0.3, -0.25) is 4.79 Å². The zero-order valence-electron chi connectivity index (χ0n) is 10.4. The van der Waals surface area contributed by atoms with Crippen LogP contribution in [0.15, 0.2) is 58.7 Å². The van der Waals surface area contributed by atoms with Gasteiger partial charge >= 0.3 is 0 Å². The maximum atomic E-state index is 12.7. The second kappa shape index (κ2) is 5.05. The van der Waals surface area contributed by atoms with Crippen LogP contribution >= 0.6 is 0 Å². The molecule has 0 unspecified atom stereocenters. The van der Waals surface area contributed by atoms with Gasteiger partial charge in [-0.1, -0.05) is 30.3 Å². The minimum atomic E-state index is -0.308. The number of para-hydroxylation sites is 1. The number of carbonyl (C=O) groups excluding carboxylic acids is 1. The first kappa shape index (κ1) is 12.2. The average molecular weight is 267 g/mol. The van der Waals surface area contributed by atoms with Crippen molar-refractivity contribution >= 4 is 23.5 Å². The molecule has 1 amide bonds. The second-order valence-corrected chi connectivity index (χ2v) is 4.24. The molecule has 4 nitrogen and oxygen atoms in total. The van der Waals surface area contributed by atoms with E-state index in [0.29, 0.717) is 5.56 Å². The van der Waals surface area contributed by atoms with Crippen LogP contribution < -0.4 is 5.32 Å². The lowest BCUT2D eigenvalue weighted by Crippen LogP contribution is -2.13. The van der Waals surface area contributed by atoms with Gasteiger partial charge in [0.05, 0.1) is 11.9 Å². The smallest absolute Gasteiger partial charge is 0.276 e. The first-order valence-corrected chi connectivity index (χ1v) is 6.01. The Bertz CT molecular complexity index is 720. The van der Waals surface area contributed by atoms with E-state index in [1.807, 2.05) is 12.1 Å². The number of carbonyl (C=O) groups is 1. The lowest BCUT2D eigenvalue weighted by Gasteiger charge is -1.94. The monoisotopic (exact) mass is 267 g/mol. The van der Waals surface area contributed by atoms with Crippen LogP contribution in [-0.2, 0) is 4.79 Å². The zero-order chi connectivity index (χ0) is 13.9. The summed E-state index contributed by atoms with van der Waals surface area (Å²) >= 11 is 0. The first-order valence-electron chi connectivity index (χ1n) is 6.01. The quantitative estimate of drug-likeness (QED) is 0.660. The van der Waals surface area contributed by atoms with Crippen LogP contribution in [0.5, 0.6) is 0 Å². The number of hydrogen-bond acceptors (Lipinski definition) is 3. The number of fused-ring (bicyclic) bond motifs is 1. The minimum Gasteiger partial charge on any atom is -0.320 e. The maximum absolute atomic E-state index is 12.7. The number of hydrogen-bond donors (Lipinski definition) is 1. The molecular formula is C15H10FN3O. The third-order valence-electron chi connectivity index (χ3n) is 2.88. The number of nitrogens with zero attached hydrogens (tertiary/aromatic N) is 2. The predicted molar refractivity (Wildman–Crippen MR) is 75.6 cm³/mol. The molecule has 1 heterocycles. The molecule has 20 heavy (non-hydrogen) atoms. The van der Waals surface area contributed by atoms with Gasteiger partial charge in [0.25, 0.3) is 5.91 Å². The molecule has 2 aromatic rings. The number of rotatable bonds is 2. The molecule has 1 N–H and O–H groups in total. The average Bonchev–Trinajstić information content (AvgIpc) is 2.77. The number of halogens is 1. The molecule has 0 radical (unpaired) electrons. The van der Waals surface area contributed by atoms with Crippen LogP contribution in [0.25, 0.3) is 0 Å². The minimum absolute atomic E-state index is 0.276. The molecule has 1 aliphatic heterocycles. The van der Waals surface area contributed by atoms with Crippen molar-refractivity contribution in [2.24, 2.45) is 10.2 Å². The van der Waals surface area contributed by atoms with Crippen molar-refractivity contribution in [3.63, 3.8) is 0 Å². The molecule has 0 spiro atoms. The van der Waals surface area contributed by atoms with Gasteiger partial charge in [0.1, 0.15) is 5.82 Å². The highest BCUT2D eigenvalue weighted by atomic mass is 19.1. The molecule has 0 saturated carbocycles. The Morgan fingerprint density at radius 1 is 1.05 bits per heavy atom. The molecule has 98 valence electrons. The molecule has 0 aromatic heterocycles. The van der Waals surface area contributed by atoms with Crippen LogP contribution in [0.3, 0.4) is 0 Å². The van der Waals surface area contributed by atoms with E-state index in [0.717, 1.165) is 11.3 Å². The van der Waals surface area contributed by atoms with Crippen molar-refractivity contribution in [1.82, 2.24) is 0 Å². The van der Waals surface area contributed by atoms with Crippen LogP contribution in [0.4, 0.5) is 10.1 Å². The van der Waals surface area contributed by atoms with Crippen molar-refractivity contribution in [3.8, 4) is 0 Å². The highest BCUT2D eigenvalue weighted by Crippen LogP contribution is 2.22. The van der Waals surface area contributed by atoms with Crippen LogP contribution in [0, 0.1) is 5.82 Å². The highest BCUT2D eigenvalue weighted by Gasteiger charge is 2.25. The van der Waals surface area contributed by atoms with Gasteiger partial charge in [-0.05, 0) is 23.8 Å². The van der Waals surface area contributed by atoms with Gasteiger partial charge in [0, 0.05) is 5.56 Å². The lowest BCUT2D eigenvalue weighted by molar-refractivity contribution is -0.110. The van der Waals surface area contributed by atoms with E-state index < -0.39 is 0 Å². The summed E-state index contributed by atoms with van der Waals surface area (Å²) in [6, 6.07) is 13.1. The Balaban J connectivity index is 1.86.